The molecule has 9 heteroatoms. The Morgan fingerprint density at radius 2 is 1.59 bits per heavy atom. The Morgan fingerprint density at radius 3 is 2.24 bits per heavy atom. The number of anilines is 1. The molecule has 0 unspecified atom stereocenters. The topological polar surface area (TPSA) is 90.9 Å². The smallest absolute Gasteiger partial charge is 0.229 e. The van der Waals surface area contributed by atoms with Crippen LogP contribution in [0.4, 0.5) is 10.1 Å². The van der Waals surface area contributed by atoms with Gasteiger partial charge in [0.25, 0.3) is 0 Å². The molecule has 0 saturated heterocycles. The quantitative estimate of drug-likeness (QED) is 0.448. The summed E-state index contributed by atoms with van der Waals surface area (Å²) in [5.74, 6) is -0.435. The summed E-state index contributed by atoms with van der Waals surface area (Å²) in [7, 11) is -4.01. The predicted molar refractivity (Wildman–Crippen MR) is 111 cm³/mol. The zero-order valence-electron chi connectivity index (χ0n) is 14.8. The second-order valence-corrected chi connectivity index (χ2v) is 8.88. The number of hydrogen-bond acceptors (Lipinski definition) is 5. The second kappa shape index (κ2) is 7.41. The number of sulfone groups is 1. The van der Waals surface area contributed by atoms with Gasteiger partial charge in [0.15, 0.2) is 0 Å². The lowest BCUT2D eigenvalue weighted by atomic mass is 10.1. The third-order valence-corrected chi connectivity index (χ3v) is 6.95. The predicted octanol–water partition coefficient (Wildman–Crippen LogP) is 4.25. The number of nitrogens with two attached hydrogens (primary N) is 1. The molecule has 2 N–H and O–H groups in total. The maximum Gasteiger partial charge on any atom is 0.229 e. The van der Waals surface area contributed by atoms with Crippen molar-refractivity contribution in [3.8, 4) is 16.9 Å². The standard InChI is InChI=1S/C20H14BrFN4O2S/c21-17-3-1-2-4-18(17)29(27,28)20-19(13-5-7-14(22)8-6-13)26(25-24-20)16-11-9-15(23)10-12-16/h1-12H,23H2. The van der Waals surface area contributed by atoms with Crippen LogP contribution in [0, 0.1) is 5.82 Å². The number of aromatic nitrogens is 3. The molecular formula is C20H14BrFN4O2S. The molecule has 0 bridgehead atoms. The highest BCUT2D eigenvalue weighted by atomic mass is 79.9. The van der Waals surface area contributed by atoms with Gasteiger partial charge in [-0.25, -0.2) is 17.5 Å². The average molecular weight is 473 g/mol. The molecule has 0 spiro atoms. The number of nitrogens with zero attached hydrogens (tertiary/aromatic N) is 3. The minimum Gasteiger partial charge on any atom is -0.399 e. The van der Waals surface area contributed by atoms with Crippen LogP contribution in [-0.4, -0.2) is 23.4 Å². The van der Waals surface area contributed by atoms with Gasteiger partial charge in [-0.15, -0.1) is 5.10 Å². The zero-order chi connectivity index (χ0) is 20.6. The van der Waals surface area contributed by atoms with Crippen molar-refractivity contribution in [1.82, 2.24) is 15.0 Å². The van der Waals surface area contributed by atoms with E-state index in [1.54, 1.807) is 42.5 Å². The fourth-order valence-corrected chi connectivity index (χ4v) is 5.18. The van der Waals surface area contributed by atoms with Crippen molar-refractivity contribution in [1.29, 1.82) is 0 Å². The van der Waals surface area contributed by atoms with Crippen LogP contribution in [0.3, 0.4) is 0 Å². The summed E-state index contributed by atoms with van der Waals surface area (Å²) in [6.45, 7) is 0. The molecule has 0 atom stereocenters. The number of rotatable bonds is 4. The molecule has 29 heavy (non-hydrogen) atoms. The Morgan fingerprint density at radius 1 is 0.931 bits per heavy atom. The second-order valence-electron chi connectivity index (χ2n) is 6.19. The van der Waals surface area contributed by atoms with Crippen molar-refractivity contribution in [3.63, 3.8) is 0 Å². The first-order chi connectivity index (χ1) is 13.9. The summed E-state index contributed by atoms with van der Waals surface area (Å²) in [6.07, 6.45) is 0. The maximum atomic E-state index is 13.5. The molecule has 0 aliphatic heterocycles. The van der Waals surface area contributed by atoms with Crippen LogP contribution < -0.4 is 5.73 Å². The van der Waals surface area contributed by atoms with Gasteiger partial charge < -0.3 is 5.73 Å². The lowest BCUT2D eigenvalue weighted by molar-refractivity contribution is 0.591. The first-order valence-electron chi connectivity index (χ1n) is 8.45. The minimum absolute atomic E-state index is 0.0627. The molecule has 1 heterocycles. The normalized spacial score (nSPS) is 11.5. The van der Waals surface area contributed by atoms with Crippen molar-refractivity contribution >= 4 is 31.5 Å². The van der Waals surface area contributed by atoms with E-state index in [1.807, 2.05) is 0 Å². The summed E-state index contributed by atoms with van der Waals surface area (Å²) < 4.78 is 42.0. The van der Waals surface area contributed by atoms with E-state index in [0.29, 0.717) is 21.4 Å². The van der Waals surface area contributed by atoms with Gasteiger partial charge in [0.1, 0.15) is 11.5 Å². The van der Waals surface area contributed by atoms with Crippen molar-refractivity contribution < 1.29 is 12.8 Å². The SMILES string of the molecule is Nc1ccc(-n2nnc(S(=O)(=O)c3ccccc3Br)c2-c2ccc(F)cc2)cc1. The van der Waals surface area contributed by atoms with Crippen molar-refractivity contribution in [2.75, 3.05) is 5.73 Å². The maximum absolute atomic E-state index is 13.5. The van der Waals surface area contributed by atoms with Crippen molar-refractivity contribution in [2.24, 2.45) is 0 Å². The monoisotopic (exact) mass is 472 g/mol. The summed E-state index contributed by atoms with van der Waals surface area (Å²) in [6, 6.07) is 18.7. The molecule has 0 saturated carbocycles. The molecule has 146 valence electrons. The number of benzene rings is 3. The zero-order valence-corrected chi connectivity index (χ0v) is 17.2. The first-order valence-corrected chi connectivity index (χ1v) is 10.7. The highest BCUT2D eigenvalue weighted by molar-refractivity contribution is 9.10. The largest absolute Gasteiger partial charge is 0.399 e. The van der Waals surface area contributed by atoms with Crippen LogP contribution >= 0.6 is 15.9 Å². The summed E-state index contributed by atoms with van der Waals surface area (Å²) >= 11 is 3.28. The number of halogens is 2. The highest BCUT2D eigenvalue weighted by Crippen LogP contribution is 2.34. The van der Waals surface area contributed by atoms with Gasteiger partial charge in [0, 0.05) is 15.7 Å². The van der Waals surface area contributed by atoms with Crippen molar-refractivity contribution in [3.05, 3.63) is 83.1 Å². The lowest BCUT2D eigenvalue weighted by Crippen LogP contribution is -2.06. The van der Waals surface area contributed by atoms with Crippen LogP contribution in [0.1, 0.15) is 0 Å². The van der Waals surface area contributed by atoms with E-state index in [2.05, 4.69) is 26.2 Å². The molecule has 1 aromatic heterocycles. The van der Waals surface area contributed by atoms with Gasteiger partial charge in [0.05, 0.1) is 10.6 Å². The number of hydrogen-bond donors (Lipinski definition) is 1. The summed E-state index contributed by atoms with van der Waals surface area (Å²) in [4.78, 5) is 0.0627. The van der Waals surface area contributed by atoms with Crippen LogP contribution in [0.15, 0.2) is 87.2 Å². The fourth-order valence-electron chi connectivity index (χ4n) is 2.87. The van der Waals surface area contributed by atoms with E-state index in [4.69, 9.17) is 5.73 Å². The van der Waals surface area contributed by atoms with Gasteiger partial charge in [-0.2, -0.15) is 0 Å². The van der Waals surface area contributed by atoms with E-state index in [0.717, 1.165) is 0 Å². The highest BCUT2D eigenvalue weighted by Gasteiger charge is 2.30. The Bertz CT molecular complexity index is 1290. The van der Waals surface area contributed by atoms with E-state index in [-0.39, 0.29) is 15.6 Å². The van der Waals surface area contributed by atoms with Gasteiger partial charge in [-0.3, -0.25) is 0 Å². The van der Waals surface area contributed by atoms with Crippen molar-refractivity contribution in [2.45, 2.75) is 9.92 Å². The van der Waals surface area contributed by atoms with Crippen LogP contribution in [0.5, 0.6) is 0 Å². The third-order valence-electron chi connectivity index (χ3n) is 4.28. The van der Waals surface area contributed by atoms with E-state index in [9.17, 15) is 12.8 Å². The molecule has 0 radical (unpaired) electrons. The third kappa shape index (κ3) is 3.54. The van der Waals surface area contributed by atoms with Crippen LogP contribution in [0.2, 0.25) is 0 Å². The number of nitrogen functional groups attached to an aromatic ring is 1. The van der Waals surface area contributed by atoms with Gasteiger partial charge >= 0.3 is 0 Å². The Hall–Kier alpha value is -3.04. The molecule has 0 amide bonds. The molecule has 6 nitrogen and oxygen atoms in total. The Kier molecular flexibility index (Phi) is 4.93. The fraction of sp³-hybridized carbons (Fsp3) is 0. The van der Waals surface area contributed by atoms with E-state index in [1.165, 1.54) is 35.0 Å². The molecule has 0 aliphatic rings. The summed E-state index contributed by atoms with van der Waals surface area (Å²) in [5, 5.41) is 7.83. The van der Waals surface area contributed by atoms with E-state index >= 15 is 0 Å². The molecule has 0 fully saturated rings. The lowest BCUT2D eigenvalue weighted by Gasteiger charge is -2.10. The van der Waals surface area contributed by atoms with Gasteiger partial charge in [-0.1, -0.05) is 17.3 Å². The van der Waals surface area contributed by atoms with Crippen LogP contribution in [-0.2, 0) is 9.84 Å². The van der Waals surface area contributed by atoms with E-state index < -0.39 is 15.7 Å². The molecule has 3 aromatic carbocycles. The molecular weight excluding hydrogens is 459 g/mol. The van der Waals surface area contributed by atoms with Gasteiger partial charge in [-0.05, 0) is 76.6 Å². The van der Waals surface area contributed by atoms with Gasteiger partial charge in [0.2, 0.25) is 14.9 Å². The average Bonchev–Trinajstić information content (AvgIpc) is 3.15. The molecule has 0 aliphatic carbocycles. The van der Waals surface area contributed by atoms with Crippen LogP contribution in [0.25, 0.3) is 16.9 Å². The molecule has 4 rings (SSSR count). The Labute approximate surface area is 174 Å². The minimum atomic E-state index is -4.01. The molecule has 4 aromatic rings. The summed E-state index contributed by atoms with van der Waals surface area (Å²) in [5.41, 5.74) is 7.56. The Balaban J connectivity index is 1.99. The first kappa shape index (κ1) is 19.3.